The number of nitrogens with two attached hydrogens (primary N) is 1. The highest BCUT2D eigenvalue weighted by Crippen LogP contribution is 2.21. The van der Waals surface area contributed by atoms with Crippen molar-refractivity contribution < 1.29 is 9.84 Å². The van der Waals surface area contributed by atoms with Crippen molar-refractivity contribution in [3.05, 3.63) is 24.3 Å². The van der Waals surface area contributed by atoms with E-state index >= 15 is 0 Å². The molecule has 0 aromatic heterocycles. The topological polar surface area (TPSA) is 58.7 Å². The number of rotatable bonds is 7. The monoisotopic (exact) mass is 238 g/mol. The number of anilines is 1. The Kier molecular flexibility index (Phi) is 5.80. The van der Waals surface area contributed by atoms with E-state index < -0.39 is 6.10 Å². The SMILES string of the molecule is CCN(CC)c1cccc(OCC(O)CN)c1. The molecule has 0 aliphatic rings. The molecule has 0 radical (unpaired) electrons. The highest BCUT2D eigenvalue weighted by molar-refractivity contribution is 5.50. The minimum absolute atomic E-state index is 0.218. The molecule has 1 atom stereocenters. The molecule has 0 aliphatic heterocycles. The van der Waals surface area contributed by atoms with E-state index in [4.69, 9.17) is 10.5 Å². The van der Waals surface area contributed by atoms with E-state index in [2.05, 4.69) is 24.8 Å². The van der Waals surface area contributed by atoms with Crippen LogP contribution in [0.4, 0.5) is 5.69 Å². The van der Waals surface area contributed by atoms with Crippen molar-refractivity contribution in [1.82, 2.24) is 0 Å². The lowest BCUT2D eigenvalue weighted by molar-refractivity contribution is 0.114. The highest BCUT2D eigenvalue weighted by atomic mass is 16.5. The van der Waals surface area contributed by atoms with Crippen LogP contribution in [-0.4, -0.2) is 37.5 Å². The van der Waals surface area contributed by atoms with Crippen molar-refractivity contribution >= 4 is 5.69 Å². The fourth-order valence-electron chi connectivity index (χ4n) is 1.62. The fraction of sp³-hybridized carbons (Fsp3) is 0.538. The Morgan fingerprint density at radius 1 is 1.35 bits per heavy atom. The van der Waals surface area contributed by atoms with E-state index in [0.29, 0.717) is 0 Å². The standard InChI is InChI=1S/C13H22N2O2/c1-3-15(4-2)11-6-5-7-13(8-11)17-10-12(16)9-14/h5-8,12,16H,3-4,9-10,14H2,1-2H3. The average Bonchev–Trinajstić information content (AvgIpc) is 2.38. The number of benzene rings is 1. The lowest BCUT2D eigenvalue weighted by atomic mass is 10.2. The zero-order valence-electron chi connectivity index (χ0n) is 10.6. The van der Waals surface area contributed by atoms with Crippen LogP contribution < -0.4 is 15.4 Å². The van der Waals surface area contributed by atoms with Crippen LogP contribution >= 0.6 is 0 Å². The maximum atomic E-state index is 9.33. The molecule has 0 fully saturated rings. The molecule has 1 unspecified atom stereocenters. The molecule has 0 amide bonds. The van der Waals surface area contributed by atoms with Gasteiger partial charge in [-0.1, -0.05) is 6.07 Å². The Labute approximate surface area is 103 Å². The van der Waals surface area contributed by atoms with Crippen LogP contribution in [0, 0.1) is 0 Å². The molecule has 17 heavy (non-hydrogen) atoms. The molecular weight excluding hydrogens is 216 g/mol. The number of hydrogen-bond donors (Lipinski definition) is 2. The van der Waals surface area contributed by atoms with Gasteiger partial charge in [-0.25, -0.2) is 0 Å². The molecular formula is C13H22N2O2. The molecule has 3 N–H and O–H groups in total. The van der Waals surface area contributed by atoms with Gasteiger partial charge in [0, 0.05) is 31.4 Å². The molecule has 0 saturated carbocycles. The van der Waals surface area contributed by atoms with Gasteiger partial charge in [-0.15, -0.1) is 0 Å². The number of aliphatic hydroxyl groups excluding tert-OH is 1. The molecule has 0 spiro atoms. The van der Waals surface area contributed by atoms with Gasteiger partial charge in [-0.3, -0.25) is 0 Å². The highest BCUT2D eigenvalue weighted by Gasteiger charge is 2.05. The molecule has 96 valence electrons. The Morgan fingerprint density at radius 3 is 2.65 bits per heavy atom. The molecule has 1 aromatic rings. The second-order valence-electron chi connectivity index (χ2n) is 3.87. The third-order valence-electron chi connectivity index (χ3n) is 2.66. The van der Waals surface area contributed by atoms with Crippen LogP contribution in [0.5, 0.6) is 5.75 Å². The lowest BCUT2D eigenvalue weighted by Crippen LogP contribution is -2.26. The predicted octanol–water partition coefficient (Wildman–Crippen LogP) is 1.23. The smallest absolute Gasteiger partial charge is 0.121 e. The minimum Gasteiger partial charge on any atom is -0.491 e. The van der Waals surface area contributed by atoms with Crippen LogP contribution in [0.25, 0.3) is 0 Å². The maximum Gasteiger partial charge on any atom is 0.121 e. The molecule has 0 aliphatic carbocycles. The predicted molar refractivity (Wildman–Crippen MR) is 70.6 cm³/mol. The summed E-state index contributed by atoms with van der Waals surface area (Å²) in [5.74, 6) is 0.766. The maximum absolute atomic E-state index is 9.33. The van der Waals surface area contributed by atoms with Gasteiger partial charge >= 0.3 is 0 Å². The molecule has 0 heterocycles. The minimum atomic E-state index is -0.605. The summed E-state index contributed by atoms with van der Waals surface area (Å²) in [6.07, 6.45) is -0.605. The largest absolute Gasteiger partial charge is 0.491 e. The van der Waals surface area contributed by atoms with E-state index in [0.717, 1.165) is 24.5 Å². The summed E-state index contributed by atoms with van der Waals surface area (Å²) in [4.78, 5) is 2.24. The van der Waals surface area contributed by atoms with Crippen molar-refractivity contribution in [3.8, 4) is 5.75 Å². The van der Waals surface area contributed by atoms with Gasteiger partial charge in [0.05, 0.1) is 0 Å². The van der Waals surface area contributed by atoms with E-state index in [9.17, 15) is 5.11 Å². The second kappa shape index (κ2) is 7.14. The summed E-state index contributed by atoms with van der Waals surface area (Å²) in [7, 11) is 0. The number of aliphatic hydroxyl groups is 1. The van der Waals surface area contributed by atoms with Crippen molar-refractivity contribution in [1.29, 1.82) is 0 Å². The van der Waals surface area contributed by atoms with Crippen LogP contribution in [-0.2, 0) is 0 Å². The second-order valence-corrected chi connectivity index (χ2v) is 3.87. The summed E-state index contributed by atoms with van der Waals surface area (Å²) in [6.45, 7) is 6.62. The van der Waals surface area contributed by atoms with E-state index in [1.54, 1.807) is 0 Å². The Balaban J connectivity index is 2.65. The van der Waals surface area contributed by atoms with Crippen molar-refractivity contribution in [2.75, 3.05) is 31.1 Å². The van der Waals surface area contributed by atoms with Crippen molar-refractivity contribution in [2.24, 2.45) is 5.73 Å². The first-order chi connectivity index (χ1) is 8.21. The lowest BCUT2D eigenvalue weighted by Gasteiger charge is -2.21. The Bertz CT molecular complexity index is 327. The first-order valence-electron chi connectivity index (χ1n) is 6.07. The van der Waals surface area contributed by atoms with Crippen LogP contribution in [0.15, 0.2) is 24.3 Å². The molecule has 0 bridgehead atoms. The molecule has 1 aromatic carbocycles. The van der Waals surface area contributed by atoms with Gasteiger partial charge in [0.2, 0.25) is 0 Å². The quantitative estimate of drug-likeness (QED) is 0.750. The van der Waals surface area contributed by atoms with Crippen LogP contribution in [0.3, 0.4) is 0 Å². The normalized spacial score (nSPS) is 12.2. The number of hydrogen-bond acceptors (Lipinski definition) is 4. The summed E-state index contributed by atoms with van der Waals surface area (Å²) in [6, 6.07) is 7.88. The van der Waals surface area contributed by atoms with Gasteiger partial charge in [-0.05, 0) is 26.0 Å². The molecule has 4 nitrogen and oxygen atoms in total. The number of nitrogens with zero attached hydrogens (tertiary/aromatic N) is 1. The van der Waals surface area contributed by atoms with E-state index in [-0.39, 0.29) is 13.2 Å². The van der Waals surface area contributed by atoms with Gasteiger partial charge in [0.15, 0.2) is 0 Å². The van der Waals surface area contributed by atoms with E-state index in [1.165, 1.54) is 0 Å². The average molecular weight is 238 g/mol. The van der Waals surface area contributed by atoms with Crippen LogP contribution in [0.1, 0.15) is 13.8 Å². The first-order valence-corrected chi connectivity index (χ1v) is 6.07. The van der Waals surface area contributed by atoms with Crippen LogP contribution in [0.2, 0.25) is 0 Å². The fourth-order valence-corrected chi connectivity index (χ4v) is 1.62. The summed E-state index contributed by atoms with van der Waals surface area (Å²) < 4.78 is 5.48. The van der Waals surface area contributed by atoms with Crippen molar-refractivity contribution in [2.45, 2.75) is 20.0 Å². The zero-order valence-corrected chi connectivity index (χ0v) is 10.6. The van der Waals surface area contributed by atoms with Crippen molar-refractivity contribution in [3.63, 3.8) is 0 Å². The third kappa shape index (κ3) is 4.24. The molecule has 0 saturated heterocycles. The number of ether oxygens (including phenoxy) is 1. The summed E-state index contributed by atoms with van der Waals surface area (Å²) in [5.41, 5.74) is 6.45. The van der Waals surface area contributed by atoms with Gasteiger partial charge in [-0.2, -0.15) is 0 Å². The third-order valence-corrected chi connectivity index (χ3v) is 2.66. The first kappa shape index (κ1) is 13.8. The zero-order chi connectivity index (χ0) is 12.7. The Morgan fingerprint density at radius 2 is 2.06 bits per heavy atom. The summed E-state index contributed by atoms with van der Waals surface area (Å²) >= 11 is 0. The van der Waals surface area contributed by atoms with Gasteiger partial charge in [0.1, 0.15) is 18.5 Å². The Hall–Kier alpha value is -1.26. The molecule has 1 rings (SSSR count). The summed E-state index contributed by atoms with van der Waals surface area (Å²) in [5, 5.41) is 9.33. The van der Waals surface area contributed by atoms with Gasteiger partial charge in [0.25, 0.3) is 0 Å². The van der Waals surface area contributed by atoms with E-state index in [1.807, 2.05) is 18.2 Å². The van der Waals surface area contributed by atoms with Gasteiger partial charge < -0.3 is 20.5 Å². The molecule has 4 heteroatoms.